The van der Waals surface area contributed by atoms with Crippen LogP contribution >= 0.6 is 24.2 Å². The van der Waals surface area contributed by atoms with Crippen LogP contribution in [0.3, 0.4) is 0 Å². The van der Waals surface area contributed by atoms with Crippen LogP contribution in [0.5, 0.6) is 0 Å². The molecule has 2 aliphatic rings. The van der Waals surface area contributed by atoms with Gasteiger partial charge < -0.3 is 15.8 Å². The molecule has 2 heterocycles. The van der Waals surface area contributed by atoms with Gasteiger partial charge in [-0.1, -0.05) is 18.0 Å². The fourth-order valence-corrected chi connectivity index (χ4v) is 3.93. The second-order valence-corrected chi connectivity index (χ2v) is 7.53. The number of nitrogens with two attached hydrogens (primary N) is 1. The van der Waals surface area contributed by atoms with Crippen LogP contribution in [0.25, 0.3) is 0 Å². The lowest BCUT2D eigenvalue weighted by atomic mass is 9.94. The van der Waals surface area contributed by atoms with Gasteiger partial charge in [-0.15, -0.1) is 0 Å². The lowest BCUT2D eigenvalue weighted by molar-refractivity contribution is 0.143. The third-order valence-electron chi connectivity index (χ3n) is 4.34. The smallest absolute Gasteiger partial charge is 0.414 e. The van der Waals surface area contributed by atoms with Crippen LogP contribution in [-0.4, -0.2) is 42.7 Å². The average molecular weight is 385 g/mol. The summed E-state index contributed by atoms with van der Waals surface area (Å²) in [5, 5.41) is 2.92. The minimum absolute atomic E-state index is 0.150. The standard InChI is InChI=1S/C16H21FN4O2S2/c17-14-6-11(3-4-13(14)10-2-1-5-25-20-7-10)21-9-12(23-16(21)22)8-19-15(18)24/h3-4,6,10,12,20H,1-2,5,7-9H2,(H3,18,19,24). The van der Waals surface area contributed by atoms with Gasteiger partial charge in [0.1, 0.15) is 11.9 Å². The molecule has 0 aromatic heterocycles. The number of hydrogen-bond donors (Lipinski definition) is 3. The number of nitrogens with zero attached hydrogens (tertiary/aromatic N) is 1. The van der Waals surface area contributed by atoms with E-state index in [-0.39, 0.29) is 23.0 Å². The Labute approximate surface area is 155 Å². The van der Waals surface area contributed by atoms with E-state index >= 15 is 0 Å². The average Bonchev–Trinajstić information content (AvgIpc) is 2.78. The maximum Gasteiger partial charge on any atom is 0.414 e. The molecule has 2 atom stereocenters. The molecule has 0 aliphatic carbocycles. The van der Waals surface area contributed by atoms with Crippen LogP contribution in [0.1, 0.15) is 24.3 Å². The van der Waals surface area contributed by atoms with E-state index in [1.54, 1.807) is 24.1 Å². The highest BCUT2D eigenvalue weighted by Gasteiger charge is 2.33. The van der Waals surface area contributed by atoms with Gasteiger partial charge in [0, 0.05) is 18.2 Å². The Morgan fingerprint density at radius 3 is 3.16 bits per heavy atom. The summed E-state index contributed by atoms with van der Waals surface area (Å²) in [5.74, 6) is 0.906. The molecule has 0 spiro atoms. The minimum atomic E-state index is -0.491. The van der Waals surface area contributed by atoms with Crippen molar-refractivity contribution >= 4 is 41.1 Å². The summed E-state index contributed by atoms with van der Waals surface area (Å²) >= 11 is 6.43. The Morgan fingerprint density at radius 1 is 1.56 bits per heavy atom. The molecule has 2 unspecified atom stereocenters. The van der Waals surface area contributed by atoms with Crippen LogP contribution in [0.15, 0.2) is 18.2 Å². The number of carbonyl (C=O) groups is 1. The number of amides is 1. The fraction of sp³-hybridized carbons (Fsp3) is 0.500. The first-order chi connectivity index (χ1) is 12.0. The van der Waals surface area contributed by atoms with E-state index in [9.17, 15) is 9.18 Å². The first-order valence-corrected chi connectivity index (χ1v) is 9.59. The maximum atomic E-state index is 14.6. The van der Waals surface area contributed by atoms with E-state index in [1.165, 1.54) is 11.0 Å². The molecule has 9 heteroatoms. The Kier molecular flexibility index (Phi) is 5.98. The van der Waals surface area contributed by atoms with Gasteiger partial charge in [0.25, 0.3) is 0 Å². The van der Waals surface area contributed by atoms with Crippen LogP contribution in [-0.2, 0) is 4.74 Å². The second-order valence-electron chi connectivity index (χ2n) is 6.10. The van der Waals surface area contributed by atoms with Gasteiger partial charge in [0.15, 0.2) is 5.11 Å². The van der Waals surface area contributed by atoms with Crippen molar-refractivity contribution in [2.24, 2.45) is 5.73 Å². The van der Waals surface area contributed by atoms with Gasteiger partial charge >= 0.3 is 6.09 Å². The van der Waals surface area contributed by atoms with E-state index in [0.29, 0.717) is 24.3 Å². The number of thiocarbonyl (C=S) groups is 1. The van der Waals surface area contributed by atoms with Crippen molar-refractivity contribution in [2.75, 3.05) is 30.3 Å². The van der Waals surface area contributed by atoms with Gasteiger partial charge in [-0.3, -0.25) is 9.62 Å². The van der Waals surface area contributed by atoms with Crippen LogP contribution in [0.2, 0.25) is 0 Å². The van der Waals surface area contributed by atoms with Crippen LogP contribution < -0.4 is 20.7 Å². The summed E-state index contributed by atoms with van der Waals surface area (Å²) in [5.41, 5.74) is 6.57. The summed E-state index contributed by atoms with van der Waals surface area (Å²) in [6.45, 7) is 1.41. The molecule has 136 valence electrons. The highest BCUT2D eigenvalue weighted by Crippen LogP contribution is 2.30. The van der Waals surface area contributed by atoms with Crippen molar-refractivity contribution in [2.45, 2.75) is 24.9 Å². The van der Waals surface area contributed by atoms with Gasteiger partial charge in [-0.25, -0.2) is 9.18 Å². The summed E-state index contributed by atoms with van der Waals surface area (Å²) in [4.78, 5) is 13.5. The highest BCUT2D eigenvalue weighted by molar-refractivity contribution is 7.97. The molecule has 0 radical (unpaired) electrons. The van der Waals surface area contributed by atoms with Gasteiger partial charge in [-0.2, -0.15) is 0 Å². The third-order valence-corrected chi connectivity index (χ3v) is 5.35. The molecule has 4 N–H and O–H groups in total. The van der Waals surface area contributed by atoms with Crippen molar-refractivity contribution in [3.8, 4) is 0 Å². The third kappa shape index (κ3) is 4.53. The minimum Gasteiger partial charge on any atom is -0.442 e. The Balaban J connectivity index is 1.69. The van der Waals surface area contributed by atoms with Crippen molar-refractivity contribution in [3.63, 3.8) is 0 Å². The highest BCUT2D eigenvalue weighted by atomic mass is 32.2. The zero-order chi connectivity index (χ0) is 17.8. The summed E-state index contributed by atoms with van der Waals surface area (Å²) in [6, 6.07) is 4.97. The summed E-state index contributed by atoms with van der Waals surface area (Å²) in [7, 11) is 0. The number of benzene rings is 1. The van der Waals surface area contributed by atoms with E-state index in [1.807, 2.05) is 0 Å². The van der Waals surface area contributed by atoms with Crippen LogP contribution in [0.4, 0.5) is 14.9 Å². The number of cyclic esters (lactones) is 1. The summed E-state index contributed by atoms with van der Waals surface area (Å²) < 4.78 is 23.2. The second kappa shape index (κ2) is 8.20. The number of anilines is 1. The molecule has 2 fully saturated rings. The zero-order valence-electron chi connectivity index (χ0n) is 13.7. The fourth-order valence-electron chi connectivity index (χ4n) is 3.07. The normalized spacial score (nSPS) is 23.9. The molecule has 6 nitrogen and oxygen atoms in total. The molecule has 0 bridgehead atoms. The first-order valence-electron chi connectivity index (χ1n) is 8.20. The van der Waals surface area contributed by atoms with Gasteiger partial charge in [-0.05, 0) is 42.8 Å². The molecule has 0 saturated carbocycles. The molecule has 1 aromatic rings. The number of rotatable bonds is 4. The van der Waals surface area contributed by atoms with Crippen molar-refractivity contribution in [3.05, 3.63) is 29.6 Å². The van der Waals surface area contributed by atoms with E-state index in [4.69, 9.17) is 22.7 Å². The molecule has 3 rings (SSSR count). The number of ether oxygens (including phenoxy) is 1. The molecular formula is C16H21FN4O2S2. The SMILES string of the molecule is NC(=S)NCC1CN(c2ccc(C3CCCSNC3)c(F)c2)C(=O)O1. The van der Waals surface area contributed by atoms with E-state index in [2.05, 4.69) is 10.0 Å². The predicted molar refractivity (Wildman–Crippen MR) is 101 cm³/mol. The molecule has 2 saturated heterocycles. The zero-order valence-corrected chi connectivity index (χ0v) is 15.3. The number of carbonyl (C=O) groups excluding carboxylic acids is 1. The van der Waals surface area contributed by atoms with E-state index in [0.717, 1.165) is 25.1 Å². The Bertz CT molecular complexity index is 653. The maximum absolute atomic E-state index is 14.6. The topological polar surface area (TPSA) is 79.6 Å². The molecule has 25 heavy (non-hydrogen) atoms. The van der Waals surface area contributed by atoms with Gasteiger partial charge in [0.2, 0.25) is 0 Å². The predicted octanol–water partition coefficient (Wildman–Crippen LogP) is 2.10. The van der Waals surface area contributed by atoms with Gasteiger partial charge in [0.05, 0.1) is 18.8 Å². The quantitative estimate of drug-likeness (QED) is 0.542. The Morgan fingerprint density at radius 2 is 2.40 bits per heavy atom. The number of nitrogens with one attached hydrogen (secondary N) is 2. The van der Waals surface area contributed by atoms with Crippen LogP contribution in [0, 0.1) is 5.82 Å². The molecular weight excluding hydrogens is 363 g/mol. The van der Waals surface area contributed by atoms with Crippen molar-refractivity contribution in [1.29, 1.82) is 0 Å². The van der Waals surface area contributed by atoms with Crippen molar-refractivity contribution in [1.82, 2.24) is 10.0 Å². The van der Waals surface area contributed by atoms with Crippen molar-refractivity contribution < 1.29 is 13.9 Å². The number of halogens is 1. The largest absolute Gasteiger partial charge is 0.442 e. The molecule has 2 aliphatic heterocycles. The molecule has 1 aromatic carbocycles. The van der Waals surface area contributed by atoms with E-state index < -0.39 is 6.09 Å². The monoisotopic (exact) mass is 384 g/mol. The first kappa shape index (κ1) is 18.2. The lowest BCUT2D eigenvalue weighted by Crippen LogP contribution is -2.37. The summed E-state index contributed by atoms with van der Waals surface area (Å²) in [6.07, 6.45) is 1.14. The molecule has 1 amide bonds. The number of hydrogen-bond acceptors (Lipinski definition) is 5. The Hall–Kier alpha value is -1.58. The lowest BCUT2D eigenvalue weighted by Gasteiger charge is -2.18.